The number of anilines is 1. The summed E-state index contributed by atoms with van der Waals surface area (Å²) in [6.07, 6.45) is 0. The molecular formula is C21H18BrClN2S. The van der Waals surface area contributed by atoms with Gasteiger partial charge >= 0.3 is 0 Å². The van der Waals surface area contributed by atoms with Gasteiger partial charge in [-0.05, 0) is 70.0 Å². The van der Waals surface area contributed by atoms with E-state index in [1.54, 1.807) is 0 Å². The maximum absolute atomic E-state index is 6.17. The first-order chi connectivity index (χ1) is 12.5. The van der Waals surface area contributed by atoms with Gasteiger partial charge < -0.3 is 10.6 Å². The molecule has 3 aromatic carbocycles. The molecule has 0 unspecified atom stereocenters. The van der Waals surface area contributed by atoms with Crippen molar-refractivity contribution >= 4 is 50.5 Å². The van der Waals surface area contributed by atoms with Crippen LogP contribution < -0.4 is 10.6 Å². The number of hydrogen-bond donors (Lipinski definition) is 2. The van der Waals surface area contributed by atoms with Gasteiger partial charge in [-0.15, -0.1) is 0 Å². The van der Waals surface area contributed by atoms with Crippen molar-refractivity contribution in [2.75, 3.05) is 5.32 Å². The predicted octanol–water partition coefficient (Wildman–Crippen LogP) is 6.49. The monoisotopic (exact) mass is 444 g/mol. The zero-order valence-corrected chi connectivity index (χ0v) is 17.3. The van der Waals surface area contributed by atoms with E-state index in [-0.39, 0.29) is 6.04 Å². The summed E-state index contributed by atoms with van der Waals surface area (Å²) in [5, 5.41) is 7.83. The van der Waals surface area contributed by atoms with Crippen molar-refractivity contribution in [2.45, 2.75) is 13.0 Å². The molecule has 0 aliphatic rings. The molecule has 3 aromatic rings. The van der Waals surface area contributed by atoms with E-state index in [4.69, 9.17) is 23.8 Å². The average Bonchev–Trinajstić information content (AvgIpc) is 2.64. The number of benzene rings is 3. The van der Waals surface area contributed by atoms with Gasteiger partial charge in [-0.3, -0.25) is 0 Å². The molecule has 0 spiro atoms. The summed E-state index contributed by atoms with van der Waals surface area (Å²) in [4.78, 5) is 0. The van der Waals surface area contributed by atoms with E-state index in [2.05, 4.69) is 57.8 Å². The topological polar surface area (TPSA) is 24.1 Å². The third-order valence-corrected chi connectivity index (χ3v) is 5.54. The molecule has 0 radical (unpaired) electrons. The molecular weight excluding hydrogens is 428 g/mol. The van der Waals surface area contributed by atoms with Crippen LogP contribution in [0, 0.1) is 6.92 Å². The van der Waals surface area contributed by atoms with Crippen molar-refractivity contribution in [3.63, 3.8) is 0 Å². The summed E-state index contributed by atoms with van der Waals surface area (Å²) < 4.78 is 0.852. The van der Waals surface area contributed by atoms with Crippen molar-refractivity contribution in [2.24, 2.45) is 0 Å². The summed E-state index contributed by atoms with van der Waals surface area (Å²) in [6, 6.07) is 24.2. The summed E-state index contributed by atoms with van der Waals surface area (Å²) in [6.45, 7) is 2.11. The SMILES string of the molecule is Cc1ccccc1[C@@H](NC(=S)Nc1ccc(Br)c(Cl)c1)c1ccccc1. The minimum atomic E-state index is -0.0386. The Morgan fingerprint density at radius 2 is 1.69 bits per heavy atom. The quantitative estimate of drug-likeness (QED) is 0.449. The normalized spacial score (nSPS) is 11.7. The number of rotatable bonds is 4. The molecule has 0 fully saturated rings. The van der Waals surface area contributed by atoms with E-state index in [1.807, 2.05) is 48.5 Å². The van der Waals surface area contributed by atoms with Crippen LogP contribution in [0.4, 0.5) is 5.69 Å². The summed E-state index contributed by atoms with van der Waals surface area (Å²) in [5.41, 5.74) is 4.40. The zero-order chi connectivity index (χ0) is 18.5. The van der Waals surface area contributed by atoms with E-state index in [0.29, 0.717) is 10.1 Å². The van der Waals surface area contributed by atoms with Crippen molar-refractivity contribution in [1.29, 1.82) is 0 Å². The summed E-state index contributed by atoms with van der Waals surface area (Å²) in [5.74, 6) is 0. The van der Waals surface area contributed by atoms with Crippen LogP contribution in [-0.2, 0) is 0 Å². The Hall–Kier alpha value is -1.88. The fourth-order valence-corrected chi connectivity index (χ4v) is 3.43. The average molecular weight is 446 g/mol. The molecule has 3 rings (SSSR count). The van der Waals surface area contributed by atoms with E-state index in [1.165, 1.54) is 11.1 Å². The molecule has 0 amide bonds. The van der Waals surface area contributed by atoms with Gasteiger partial charge in [-0.1, -0.05) is 66.2 Å². The largest absolute Gasteiger partial charge is 0.352 e. The Morgan fingerprint density at radius 3 is 2.38 bits per heavy atom. The molecule has 0 heterocycles. The minimum Gasteiger partial charge on any atom is -0.352 e. The lowest BCUT2D eigenvalue weighted by Crippen LogP contribution is -2.33. The van der Waals surface area contributed by atoms with Gasteiger partial charge in [0.2, 0.25) is 0 Å². The smallest absolute Gasteiger partial charge is 0.171 e. The van der Waals surface area contributed by atoms with Crippen LogP contribution in [0.15, 0.2) is 77.3 Å². The summed E-state index contributed by atoms with van der Waals surface area (Å²) in [7, 11) is 0. The Labute approximate surface area is 172 Å². The molecule has 1 atom stereocenters. The molecule has 2 nitrogen and oxygen atoms in total. The Morgan fingerprint density at radius 1 is 1.00 bits per heavy atom. The number of hydrogen-bond acceptors (Lipinski definition) is 1. The molecule has 5 heteroatoms. The number of halogens is 2. The molecule has 2 N–H and O–H groups in total. The second-order valence-electron chi connectivity index (χ2n) is 5.93. The Bertz CT molecular complexity index is 915. The third kappa shape index (κ3) is 4.64. The van der Waals surface area contributed by atoms with E-state index in [9.17, 15) is 0 Å². The molecule has 132 valence electrons. The van der Waals surface area contributed by atoms with Crippen LogP contribution in [0.3, 0.4) is 0 Å². The third-order valence-electron chi connectivity index (χ3n) is 4.09. The van der Waals surface area contributed by atoms with Gasteiger partial charge in [0.1, 0.15) is 0 Å². The van der Waals surface area contributed by atoms with Gasteiger partial charge in [0.05, 0.1) is 11.1 Å². The van der Waals surface area contributed by atoms with Crippen LogP contribution in [0.5, 0.6) is 0 Å². The van der Waals surface area contributed by atoms with Crippen molar-refractivity contribution < 1.29 is 0 Å². The minimum absolute atomic E-state index is 0.0386. The maximum atomic E-state index is 6.17. The highest BCUT2D eigenvalue weighted by atomic mass is 79.9. The number of thiocarbonyl (C=S) groups is 1. The van der Waals surface area contributed by atoms with Gasteiger partial charge in [0.15, 0.2) is 5.11 Å². The highest BCUT2D eigenvalue weighted by Crippen LogP contribution is 2.27. The van der Waals surface area contributed by atoms with Crippen LogP contribution in [0.1, 0.15) is 22.7 Å². The van der Waals surface area contributed by atoms with Crippen molar-refractivity contribution in [1.82, 2.24) is 5.32 Å². The van der Waals surface area contributed by atoms with Crippen molar-refractivity contribution in [3.05, 3.63) is 99.0 Å². The van der Waals surface area contributed by atoms with Gasteiger partial charge in [0.25, 0.3) is 0 Å². The summed E-state index contributed by atoms with van der Waals surface area (Å²) >= 11 is 15.1. The van der Waals surface area contributed by atoms with Crippen LogP contribution in [-0.4, -0.2) is 5.11 Å². The molecule has 0 aliphatic heterocycles. The second-order valence-corrected chi connectivity index (χ2v) is 7.60. The van der Waals surface area contributed by atoms with Crippen LogP contribution in [0.2, 0.25) is 5.02 Å². The fraction of sp³-hybridized carbons (Fsp3) is 0.0952. The van der Waals surface area contributed by atoms with E-state index in [0.717, 1.165) is 15.7 Å². The van der Waals surface area contributed by atoms with Crippen LogP contribution in [0.25, 0.3) is 0 Å². The van der Waals surface area contributed by atoms with Gasteiger partial charge in [0, 0.05) is 10.2 Å². The molecule has 0 aromatic heterocycles. The Kier molecular flexibility index (Phi) is 6.30. The predicted molar refractivity (Wildman–Crippen MR) is 118 cm³/mol. The van der Waals surface area contributed by atoms with Crippen molar-refractivity contribution in [3.8, 4) is 0 Å². The molecule has 0 bridgehead atoms. The van der Waals surface area contributed by atoms with E-state index >= 15 is 0 Å². The van der Waals surface area contributed by atoms with Gasteiger partial charge in [-0.25, -0.2) is 0 Å². The molecule has 0 aliphatic carbocycles. The number of nitrogens with one attached hydrogen (secondary N) is 2. The van der Waals surface area contributed by atoms with Crippen LogP contribution >= 0.6 is 39.7 Å². The molecule has 0 saturated heterocycles. The first-order valence-electron chi connectivity index (χ1n) is 8.17. The highest BCUT2D eigenvalue weighted by Gasteiger charge is 2.17. The first kappa shape index (κ1) is 18.9. The molecule has 0 saturated carbocycles. The second kappa shape index (κ2) is 8.67. The fourth-order valence-electron chi connectivity index (χ4n) is 2.77. The lowest BCUT2D eigenvalue weighted by atomic mass is 9.95. The lowest BCUT2D eigenvalue weighted by molar-refractivity contribution is 0.762. The standard InChI is InChI=1S/C21H18BrClN2S/c1-14-7-5-6-10-17(14)20(15-8-3-2-4-9-15)25-21(26)24-16-11-12-18(22)19(23)13-16/h2-13,20H,1H3,(H2,24,25,26)/t20-/m0/s1. The first-order valence-corrected chi connectivity index (χ1v) is 9.75. The molecule has 26 heavy (non-hydrogen) atoms. The van der Waals surface area contributed by atoms with E-state index < -0.39 is 0 Å². The maximum Gasteiger partial charge on any atom is 0.171 e. The zero-order valence-electron chi connectivity index (χ0n) is 14.2. The number of aryl methyl sites for hydroxylation is 1. The Balaban J connectivity index is 1.85. The lowest BCUT2D eigenvalue weighted by Gasteiger charge is -2.23. The highest BCUT2D eigenvalue weighted by molar-refractivity contribution is 9.10. The van der Waals surface area contributed by atoms with Gasteiger partial charge in [-0.2, -0.15) is 0 Å².